The third-order valence-electron chi connectivity index (χ3n) is 3.09. The molecule has 1 heterocycles. The maximum absolute atomic E-state index is 14.0. The van der Waals surface area contributed by atoms with Gasteiger partial charge in [0, 0.05) is 30.5 Å². The normalized spacial score (nSPS) is 12.0. The monoisotopic (exact) mass is 323 g/mol. The van der Waals surface area contributed by atoms with E-state index in [-0.39, 0.29) is 17.8 Å². The van der Waals surface area contributed by atoms with Gasteiger partial charge in [0.2, 0.25) is 5.91 Å². The number of nitrogens with zero attached hydrogens (tertiary/aromatic N) is 1. The number of ether oxygens (including phenoxy) is 1. The summed E-state index contributed by atoms with van der Waals surface area (Å²) in [4.78, 5) is 15.2. The largest absolute Gasteiger partial charge is 0.496 e. The Bertz CT molecular complexity index is 660. The second-order valence-corrected chi connectivity index (χ2v) is 5.64. The molecule has 2 rings (SSSR count). The fraction of sp³-hybridized carbons (Fsp3) is 0.333. The van der Waals surface area contributed by atoms with Crippen molar-refractivity contribution in [2.24, 2.45) is 0 Å². The molecular weight excluding hydrogens is 305 g/mol. The van der Waals surface area contributed by atoms with Crippen molar-refractivity contribution in [3.63, 3.8) is 0 Å². The number of amides is 1. The van der Waals surface area contributed by atoms with Gasteiger partial charge in [0.15, 0.2) is 5.13 Å². The van der Waals surface area contributed by atoms with E-state index in [0.717, 1.165) is 5.69 Å². The Morgan fingerprint density at radius 2 is 2.27 bits per heavy atom. The quantitative estimate of drug-likeness (QED) is 0.857. The van der Waals surface area contributed by atoms with Crippen LogP contribution in [0.5, 0.6) is 5.75 Å². The smallest absolute Gasteiger partial charge is 0.223 e. The van der Waals surface area contributed by atoms with E-state index >= 15 is 0 Å². The number of aromatic nitrogens is 1. The summed E-state index contributed by atoms with van der Waals surface area (Å²) in [6.07, 6.45) is 0. The first-order chi connectivity index (χ1) is 10.5. The number of carbonyl (C=O) groups is 1. The van der Waals surface area contributed by atoms with Crippen LogP contribution in [0.15, 0.2) is 23.6 Å². The first-order valence-corrected chi connectivity index (χ1v) is 7.67. The van der Waals surface area contributed by atoms with Crippen molar-refractivity contribution in [3.05, 3.63) is 40.7 Å². The average Bonchev–Trinajstić information content (AvgIpc) is 2.91. The summed E-state index contributed by atoms with van der Waals surface area (Å²) < 4.78 is 19.2. The molecule has 0 aliphatic carbocycles. The molecule has 5 nitrogen and oxygen atoms in total. The molecule has 0 aliphatic heterocycles. The summed E-state index contributed by atoms with van der Waals surface area (Å²) in [7, 11) is 1.52. The highest BCUT2D eigenvalue weighted by molar-refractivity contribution is 7.13. The standard InChI is InChI=1S/C15H18FN3O2S/c1-9(14-12(16)5-4-6-13(14)21-3)17-7-11-8-22-15(19-11)18-10(2)20/h4-6,8-9,17H,7H2,1-3H3,(H,18,19,20)/t9-/m1/s1. The zero-order chi connectivity index (χ0) is 16.1. The lowest BCUT2D eigenvalue weighted by Crippen LogP contribution is -2.20. The molecule has 2 aromatic rings. The minimum absolute atomic E-state index is 0.154. The number of methoxy groups -OCH3 is 1. The second kappa shape index (κ2) is 7.33. The van der Waals surface area contributed by atoms with Gasteiger partial charge in [-0.15, -0.1) is 11.3 Å². The molecule has 0 saturated carbocycles. The van der Waals surface area contributed by atoms with Crippen molar-refractivity contribution >= 4 is 22.4 Å². The van der Waals surface area contributed by atoms with E-state index in [1.807, 2.05) is 12.3 Å². The van der Waals surface area contributed by atoms with Crippen LogP contribution >= 0.6 is 11.3 Å². The molecule has 0 unspecified atom stereocenters. The van der Waals surface area contributed by atoms with Crippen LogP contribution in [-0.4, -0.2) is 18.0 Å². The van der Waals surface area contributed by atoms with E-state index in [4.69, 9.17) is 4.74 Å². The molecule has 22 heavy (non-hydrogen) atoms. The van der Waals surface area contributed by atoms with Crippen LogP contribution in [0, 0.1) is 5.82 Å². The van der Waals surface area contributed by atoms with Gasteiger partial charge in [0.1, 0.15) is 11.6 Å². The molecule has 0 spiro atoms. The van der Waals surface area contributed by atoms with E-state index in [2.05, 4.69) is 15.6 Å². The number of nitrogens with one attached hydrogen (secondary N) is 2. The van der Waals surface area contributed by atoms with Crippen molar-refractivity contribution in [1.29, 1.82) is 0 Å². The lowest BCUT2D eigenvalue weighted by molar-refractivity contribution is -0.114. The van der Waals surface area contributed by atoms with Crippen molar-refractivity contribution in [2.75, 3.05) is 12.4 Å². The number of thiazole rings is 1. The van der Waals surface area contributed by atoms with Crippen LogP contribution in [0.1, 0.15) is 31.1 Å². The molecule has 7 heteroatoms. The van der Waals surface area contributed by atoms with Crippen molar-refractivity contribution in [3.8, 4) is 5.75 Å². The summed E-state index contributed by atoms with van der Waals surface area (Å²) in [5.41, 5.74) is 1.28. The van der Waals surface area contributed by atoms with Crippen LogP contribution in [0.4, 0.5) is 9.52 Å². The van der Waals surface area contributed by atoms with Gasteiger partial charge in [-0.1, -0.05) is 6.07 Å². The topological polar surface area (TPSA) is 63.2 Å². The first kappa shape index (κ1) is 16.4. The summed E-state index contributed by atoms with van der Waals surface area (Å²) in [5.74, 6) is 0.0482. The van der Waals surface area contributed by atoms with Crippen LogP contribution < -0.4 is 15.4 Å². The third-order valence-corrected chi connectivity index (χ3v) is 3.90. The number of hydrogen-bond acceptors (Lipinski definition) is 5. The predicted octanol–water partition coefficient (Wildman–Crippen LogP) is 3.10. The highest BCUT2D eigenvalue weighted by Crippen LogP contribution is 2.28. The van der Waals surface area contributed by atoms with Gasteiger partial charge in [-0.3, -0.25) is 4.79 Å². The van der Waals surface area contributed by atoms with E-state index < -0.39 is 0 Å². The average molecular weight is 323 g/mol. The van der Waals surface area contributed by atoms with Crippen LogP contribution in [0.2, 0.25) is 0 Å². The van der Waals surface area contributed by atoms with E-state index in [0.29, 0.717) is 23.0 Å². The molecule has 1 atom stereocenters. The summed E-state index contributed by atoms with van der Waals surface area (Å²) in [6, 6.07) is 4.52. The van der Waals surface area contributed by atoms with E-state index in [1.165, 1.54) is 31.4 Å². The zero-order valence-corrected chi connectivity index (χ0v) is 13.5. The fourth-order valence-corrected chi connectivity index (χ4v) is 2.83. The lowest BCUT2D eigenvalue weighted by Gasteiger charge is -2.17. The molecule has 1 aromatic carbocycles. The Hall–Kier alpha value is -1.99. The van der Waals surface area contributed by atoms with Crippen molar-refractivity contribution in [2.45, 2.75) is 26.4 Å². The molecule has 0 bridgehead atoms. The zero-order valence-electron chi connectivity index (χ0n) is 12.6. The van der Waals surface area contributed by atoms with Gasteiger partial charge in [0.05, 0.1) is 12.8 Å². The Labute approximate surface area is 132 Å². The molecule has 1 aromatic heterocycles. The molecule has 0 saturated heterocycles. The minimum Gasteiger partial charge on any atom is -0.496 e. The van der Waals surface area contributed by atoms with E-state index in [1.54, 1.807) is 12.1 Å². The predicted molar refractivity (Wildman–Crippen MR) is 84.6 cm³/mol. The Balaban J connectivity index is 2.02. The van der Waals surface area contributed by atoms with Gasteiger partial charge in [0.25, 0.3) is 0 Å². The summed E-state index contributed by atoms with van der Waals surface area (Å²) in [6.45, 7) is 3.77. The summed E-state index contributed by atoms with van der Waals surface area (Å²) >= 11 is 1.35. The first-order valence-electron chi connectivity index (χ1n) is 6.79. The van der Waals surface area contributed by atoms with Gasteiger partial charge in [-0.25, -0.2) is 9.37 Å². The van der Waals surface area contributed by atoms with Crippen molar-refractivity contribution < 1.29 is 13.9 Å². The Kier molecular flexibility index (Phi) is 5.46. The number of carbonyl (C=O) groups excluding carboxylic acids is 1. The highest BCUT2D eigenvalue weighted by atomic mass is 32.1. The number of anilines is 1. The SMILES string of the molecule is COc1cccc(F)c1[C@@H](C)NCc1csc(NC(C)=O)n1. The summed E-state index contributed by atoms with van der Waals surface area (Å²) in [5, 5.41) is 8.25. The van der Waals surface area contributed by atoms with Gasteiger partial charge < -0.3 is 15.4 Å². The van der Waals surface area contributed by atoms with Crippen molar-refractivity contribution in [1.82, 2.24) is 10.3 Å². The van der Waals surface area contributed by atoms with Gasteiger partial charge in [-0.05, 0) is 19.1 Å². The Morgan fingerprint density at radius 1 is 1.50 bits per heavy atom. The number of hydrogen-bond donors (Lipinski definition) is 2. The van der Waals surface area contributed by atoms with E-state index in [9.17, 15) is 9.18 Å². The van der Waals surface area contributed by atoms with Crippen LogP contribution in [0.3, 0.4) is 0 Å². The molecule has 2 N–H and O–H groups in total. The molecular formula is C15H18FN3O2S. The Morgan fingerprint density at radius 3 is 2.95 bits per heavy atom. The number of benzene rings is 1. The van der Waals surface area contributed by atoms with Crippen LogP contribution in [0.25, 0.3) is 0 Å². The highest BCUT2D eigenvalue weighted by Gasteiger charge is 2.16. The third kappa shape index (κ3) is 4.02. The number of halogens is 1. The van der Waals surface area contributed by atoms with Gasteiger partial charge in [-0.2, -0.15) is 0 Å². The molecule has 0 fully saturated rings. The fourth-order valence-electron chi connectivity index (χ4n) is 2.07. The molecule has 118 valence electrons. The number of rotatable bonds is 6. The minimum atomic E-state index is -0.309. The molecule has 0 radical (unpaired) electrons. The maximum Gasteiger partial charge on any atom is 0.223 e. The molecule has 0 aliphatic rings. The lowest BCUT2D eigenvalue weighted by atomic mass is 10.1. The van der Waals surface area contributed by atoms with Gasteiger partial charge >= 0.3 is 0 Å². The second-order valence-electron chi connectivity index (χ2n) is 4.78. The molecule has 1 amide bonds. The maximum atomic E-state index is 14.0. The van der Waals surface area contributed by atoms with Crippen LogP contribution in [-0.2, 0) is 11.3 Å².